The molecule has 3 N–H and O–H groups in total. The van der Waals surface area contributed by atoms with E-state index in [9.17, 15) is 14.7 Å². The summed E-state index contributed by atoms with van der Waals surface area (Å²) >= 11 is 1.28. The van der Waals surface area contributed by atoms with Crippen molar-refractivity contribution < 1.29 is 29.5 Å². The minimum absolute atomic E-state index is 0. The number of anilines is 1. The van der Waals surface area contributed by atoms with Crippen LogP contribution in [-0.4, -0.2) is 72.2 Å². The smallest absolute Gasteiger partial charge is 0.352 e. The Balaban J connectivity index is 0.00000289. The van der Waals surface area contributed by atoms with Crippen LogP contribution in [0.3, 0.4) is 0 Å². The van der Waals surface area contributed by atoms with Gasteiger partial charge in [-0.3, -0.25) is 9.69 Å². The maximum atomic E-state index is 12.9. The van der Waals surface area contributed by atoms with Gasteiger partial charge in [-0.2, -0.15) is 0 Å². The van der Waals surface area contributed by atoms with Gasteiger partial charge < -0.3 is 20.6 Å². The second-order valence-corrected chi connectivity index (χ2v) is 8.85. The fourth-order valence-corrected chi connectivity index (χ4v) is 4.76. The number of hydrogen-bond donors (Lipinski definition) is 2. The van der Waals surface area contributed by atoms with Gasteiger partial charge >= 0.3 is 5.97 Å². The van der Waals surface area contributed by atoms with E-state index in [2.05, 4.69) is 33.0 Å². The maximum absolute atomic E-state index is 12.9. The summed E-state index contributed by atoms with van der Waals surface area (Å²) in [4.78, 5) is 26.1. The molecular formula is C22H23N7O5S. The molecule has 0 radical (unpaired) electrons. The number of amides is 1. The Labute approximate surface area is 204 Å². The minimum Gasteiger partial charge on any atom is -0.870 e. The number of pyridine rings is 1. The first-order chi connectivity index (χ1) is 16.5. The fourth-order valence-electron chi connectivity index (χ4n) is 3.92. The quantitative estimate of drug-likeness (QED) is 0.255. The van der Waals surface area contributed by atoms with E-state index in [-0.39, 0.29) is 23.7 Å². The highest BCUT2D eigenvalue weighted by Crippen LogP contribution is 2.35. The molecule has 0 spiro atoms. The van der Waals surface area contributed by atoms with Crippen LogP contribution in [0.25, 0.3) is 0 Å². The topological polar surface area (TPSA) is 156 Å². The molecule has 13 heteroatoms. The van der Waals surface area contributed by atoms with Gasteiger partial charge in [0.25, 0.3) is 5.91 Å². The van der Waals surface area contributed by atoms with E-state index in [1.807, 2.05) is 47.3 Å². The first kappa shape index (κ1) is 24.3. The van der Waals surface area contributed by atoms with E-state index >= 15 is 0 Å². The standard InChI is InChI=1S/C22H21N7O4S.H2O/c1-27-22(24-25-26-27)34-13-15-12-33-20-17(19(30)29(20)18(15)21(31)32)23-16-7-9-28(10-8-16)11-14-5-3-2-4-6-14;/h2-10,17,20H,11-13H2,1H3,(H,31,32);1H2/t17-,20?;/m1./s1. The molecule has 5 rings (SSSR count). The maximum Gasteiger partial charge on any atom is 0.352 e. The molecule has 2 atom stereocenters. The summed E-state index contributed by atoms with van der Waals surface area (Å²) in [7, 11) is 1.70. The van der Waals surface area contributed by atoms with Crippen molar-refractivity contribution in [3.8, 4) is 0 Å². The summed E-state index contributed by atoms with van der Waals surface area (Å²) in [5, 5.41) is 24.7. The van der Waals surface area contributed by atoms with E-state index in [0.717, 1.165) is 12.2 Å². The summed E-state index contributed by atoms with van der Waals surface area (Å²) in [5.74, 6) is -1.20. The Morgan fingerprint density at radius 1 is 1.26 bits per heavy atom. The molecule has 0 aliphatic carbocycles. The fraction of sp³-hybridized carbons (Fsp3) is 0.273. The first-order valence-electron chi connectivity index (χ1n) is 10.6. The summed E-state index contributed by atoms with van der Waals surface area (Å²) in [6.45, 7) is 0.847. The number of carboxylic acid groups (broad SMARTS) is 1. The Morgan fingerprint density at radius 2 is 2.00 bits per heavy atom. The predicted octanol–water partition coefficient (Wildman–Crippen LogP) is 0.479. The van der Waals surface area contributed by atoms with Crippen molar-refractivity contribution in [2.75, 3.05) is 17.7 Å². The van der Waals surface area contributed by atoms with Crippen LogP contribution in [0.15, 0.2) is 71.3 Å². The monoisotopic (exact) mass is 497 g/mol. The summed E-state index contributed by atoms with van der Waals surface area (Å²) in [6.07, 6.45) is 3.18. The number of thioether (sulfide) groups is 1. The molecule has 2 aliphatic heterocycles. The van der Waals surface area contributed by atoms with E-state index in [0.29, 0.717) is 16.5 Å². The molecule has 12 nitrogen and oxygen atoms in total. The molecule has 2 aromatic heterocycles. The zero-order valence-corrected chi connectivity index (χ0v) is 19.5. The van der Waals surface area contributed by atoms with Crippen LogP contribution in [0.2, 0.25) is 0 Å². The lowest BCUT2D eigenvalue weighted by Crippen LogP contribution is -2.70. The molecule has 1 aromatic carbocycles. The zero-order valence-electron chi connectivity index (χ0n) is 18.7. The Hall–Kier alpha value is -3.81. The number of benzene rings is 1. The number of carbonyl (C=O) groups is 2. The van der Waals surface area contributed by atoms with E-state index in [1.165, 1.54) is 26.9 Å². The van der Waals surface area contributed by atoms with Gasteiger partial charge in [-0.05, 0) is 16.0 Å². The van der Waals surface area contributed by atoms with Crippen molar-refractivity contribution in [2.45, 2.75) is 24.0 Å². The third-order valence-electron chi connectivity index (χ3n) is 5.63. The highest BCUT2D eigenvalue weighted by molar-refractivity contribution is 7.99. The van der Waals surface area contributed by atoms with Crippen LogP contribution in [0, 0.1) is 0 Å². The second-order valence-electron chi connectivity index (χ2n) is 7.91. The molecule has 1 unspecified atom stereocenters. The van der Waals surface area contributed by atoms with Crippen molar-refractivity contribution in [1.82, 2.24) is 25.1 Å². The summed E-state index contributed by atoms with van der Waals surface area (Å²) < 4.78 is 9.40. The number of fused-ring (bicyclic) bond motifs is 1. The summed E-state index contributed by atoms with van der Waals surface area (Å²) in [6, 6.07) is 13.2. The lowest BCUT2D eigenvalue weighted by atomic mass is 9.99. The van der Waals surface area contributed by atoms with Crippen molar-refractivity contribution >= 4 is 29.3 Å². The highest BCUT2D eigenvalue weighted by Gasteiger charge is 2.54. The van der Waals surface area contributed by atoms with Gasteiger partial charge in [0, 0.05) is 36.2 Å². The average molecular weight is 498 g/mol. The van der Waals surface area contributed by atoms with Gasteiger partial charge in [0.1, 0.15) is 5.70 Å². The Bertz CT molecular complexity index is 1250. The van der Waals surface area contributed by atoms with Crippen LogP contribution in [0.5, 0.6) is 0 Å². The number of aromatic nitrogens is 5. The van der Waals surface area contributed by atoms with Crippen molar-refractivity contribution in [2.24, 2.45) is 7.05 Å². The van der Waals surface area contributed by atoms with Crippen LogP contribution >= 0.6 is 11.8 Å². The van der Waals surface area contributed by atoms with Crippen LogP contribution < -0.4 is 9.88 Å². The van der Waals surface area contributed by atoms with Crippen molar-refractivity contribution in [3.63, 3.8) is 0 Å². The number of aliphatic carboxylic acids is 1. The number of carboxylic acids is 1. The second kappa shape index (κ2) is 10.2. The van der Waals surface area contributed by atoms with Crippen LogP contribution in [0.4, 0.5) is 5.69 Å². The largest absolute Gasteiger partial charge is 0.870 e. The van der Waals surface area contributed by atoms with Crippen molar-refractivity contribution in [1.29, 1.82) is 0 Å². The number of rotatable bonds is 8. The highest BCUT2D eigenvalue weighted by atomic mass is 32.2. The van der Waals surface area contributed by atoms with Gasteiger partial charge in [0.2, 0.25) is 5.16 Å². The number of nitrogens with zero attached hydrogens (tertiary/aromatic N) is 6. The van der Waals surface area contributed by atoms with E-state index < -0.39 is 18.2 Å². The van der Waals surface area contributed by atoms with E-state index in [4.69, 9.17) is 4.74 Å². The molecular weight excluding hydrogens is 474 g/mol. The number of tetrazole rings is 1. The van der Waals surface area contributed by atoms with Gasteiger partial charge in [-0.15, -0.1) is 5.10 Å². The lowest BCUT2D eigenvalue weighted by molar-refractivity contribution is -0.688. The third-order valence-corrected chi connectivity index (χ3v) is 6.72. The third kappa shape index (κ3) is 4.87. The predicted molar refractivity (Wildman–Crippen MR) is 122 cm³/mol. The SMILES string of the molecule is Cn1nnnc1SCC1=C(C(=O)O)N2C(=O)[C@@H](Nc3cc[n+](Cc4ccccc4)cc3)C2OC1.[OH-]. The number of carbonyl (C=O) groups excluding carboxylic acids is 1. The van der Waals surface area contributed by atoms with E-state index in [1.54, 1.807) is 7.05 Å². The molecule has 182 valence electrons. The molecule has 0 bridgehead atoms. The Morgan fingerprint density at radius 3 is 2.66 bits per heavy atom. The molecule has 4 heterocycles. The minimum atomic E-state index is -1.16. The van der Waals surface area contributed by atoms with Gasteiger partial charge in [0.15, 0.2) is 31.2 Å². The van der Waals surface area contributed by atoms with Gasteiger partial charge in [-0.25, -0.2) is 14.0 Å². The number of aryl methyl sites for hydroxylation is 1. The van der Waals surface area contributed by atoms with Crippen LogP contribution in [0.1, 0.15) is 5.56 Å². The molecule has 1 fully saturated rings. The average Bonchev–Trinajstić information content (AvgIpc) is 3.26. The summed E-state index contributed by atoms with van der Waals surface area (Å²) in [5.41, 5.74) is 2.41. The lowest BCUT2D eigenvalue weighted by Gasteiger charge is -2.49. The molecule has 3 aromatic rings. The molecule has 1 amide bonds. The number of β-lactam (4-membered cyclic amide) rings is 1. The first-order valence-corrected chi connectivity index (χ1v) is 11.5. The van der Waals surface area contributed by atoms with Gasteiger partial charge in [-0.1, -0.05) is 42.1 Å². The number of ether oxygens (including phenoxy) is 1. The van der Waals surface area contributed by atoms with Crippen molar-refractivity contribution in [3.05, 3.63) is 71.7 Å². The van der Waals surface area contributed by atoms with Gasteiger partial charge in [0.05, 0.1) is 6.61 Å². The molecule has 2 aliphatic rings. The normalized spacial score (nSPS) is 19.0. The molecule has 35 heavy (non-hydrogen) atoms. The molecule has 0 saturated carbocycles. The zero-order chi connectivity index (χ0) is 23.7. The van der Waals surface area contributed by atoms with Crippen LogP contribution in [-0.2, 0) is 27.9 Å². The Kier molecular flexibility index (Phi) is 7.10. The number of hydrogen-bond acceptors (Lipinski definition) is 9. The number of nitrogens with one attached hydrogen (secondary N) is 1. The molecule has 1 saturated heterocycles.